The number of ketones is 1. The zero-order valence-electron chi connectivity index (χ0n) is 38.5. The molecule has 68 heavy (non-hydrogen) atoms. The molecule has 23 nitrogen and oxygen atoms in total. The Morgan fingerprint density at radius 3 is 1.38 bits per heavy atom. The van der Waals surface area contributed by atoms with Crippen LogP contribution in [0.3, 0.4) is 0 Å². The van der Waals surface area contributed by atoms with Gasteiger partial charge in [-0.05, 0) is 30.7 Å². The summed E-state index contributed by atoms with van der Waals surface area (Å²) in [7, 11) is 0. The van der Waals surface area contributed by atoms with Crippen molar-refractivity contribution in [2.45, 2.75) is 131 Å². The second kappa shape index (κ2) is 24.0. The summed E-state index contributed by atoms with van der Waals surface area (Å²) in [5.41, 5.74) is 0.0423. The molecule has 0 spiro atoms. The zero-order chi connectivity index (χ0) is 50.6. The van der Waals surface area contributed by atoms with E-state index in [9.17, 15) is 47.9 Å². The molecule has 0 N–H and O–H groups in total. The summed E-state index contributed by atoms with van der Waals surface area (Å²) in [6.45, 7) is 10.2. The lowest BCUT2D eigenvalue weighted by atomic mass is 9.97. The molecule has 2 aliphatic rings. The molecule has 0 aliphatic carbocycles. The first-order valence-electron chi connectivity index (χ1n) is 20.6. The molecule has 0 bridgehead atoms. The predicted octanol–water partition coefficient (Wildman–Crippen LogP) is 2.81. The van der Waals surface area contributed by atoms with Gasteiger partial charge in [0, 0.05) is 74.4 Å². The normalized spacial score (nSPS) is 24.3. The van der Waals surface area contributed by atoms with Crippen molar-refractivity contribution < 1.29 is 110 Å². The summed E-state index contributed by atoms with van der Waals surface area (Å²) in [4.78, 5) is 125. The molecular weight excluding hydrogens is 908 g/mol. The van der Waals surface area contributed by atoms with Crippen molar-refractivity contribution in [2.75, 3.05) is 6.61 Å². The van der Waals surface area contributed by atoms with Crippen LogP contribution in [0.4, 0.5) is 0 Å². The van der Waals surface area contributed by atoms with Crippen LogP contribution < -0.4 is 18.9 Å². The zero-order valence-corrected chi connectivity index (χ0v) is 38.5. The molecule has 10 atom stereocenters. The highest BCUT2D eigenvalue weighted by atomic mass is 16.8. The number of carbonyl (C=O) groups is 10. The molecule has 2 saturated heterocycles. The molecule has 4 rings (SSSR count). The van der Waals surface area contributed by atoms with Gasteiger partial charge in [0.2, 0.25) is 12.4 Å². The van der Waals surface area contributed by atoms with Gasteiger partial charge in [0.15, 0.2) is 42.6 Å². The van der Waals surface area contributed by atoms with Gasteiger partial charge < -0.3 is 61.6 Å². The van der Waals surface area contributed by atoms with E-state index in [4.69, 9.17) is 61.6 Å². The molecule has 0 aromatic heterocycles. The quantitative estimate of drug-likeness (QED) is 0.0724. The highest BCUT2D eigenvalue weighted by Gasteiger charge is 2.55. The molecule has 2 aliphatic heterocycles. The maximum absolute atomic E-state index is 13.8. The fourth-order valence-electron chi connectivity index (χ4n) is 6.93. The van der Waals surface area contributed by atoms with Gasteiger partial charge in [0.05, 0.1) is 12.7 Å². The van der Waals surface area contributed by atoms with Gasteiger partial charge in [-0.3, -0.25) is 47.9 Å². The minimum absolute atomic E-state index is 0.245. The van der Waals surface area contributed by atoms with E-state index in [0.717, 1.165) is 73.6 Å². The highest BCUT2D eigenvalue weighted by molar-refractivity contribution is 6.11. The third-order valence-electron chi connectivity index (χ3n) is 9.17. The number of esters is 9. The van der Waals surface area contributed by atoms with Crippen LogP contribution in [0, 0.1) is 0 Å². The van der Waals surface area contributed by atoms with Crippen molar-refractivity contribution in [3.8, 4) is 23.0 Å². The van der Waals surface area contributed by atoms with Crippen molar-refractivity contribution in [1.29, 1.82) is 0 Å². The first-order chi connectivity index (χ1) is 31.9. The molecule has 0 saturated carbocycles. The first-order valence-corrected chi connectivity index (χ1v) is 20.6. The average molecular weight is 959 g/mol. The van der Waals surface area contributed by atoms with E-state index in [0.29, 0.717) is 5.56 Å². The number of allylic oxidation sites excluding steroid dienone is 1. The lowest BCUT2D eigenvalue weighted by Gasteiger charge is -2.46. The lowest BCUT2D eigenvalue weighted by Crippen LogP contribution is -2.64. The molecule has 2 aromatic rings. The molecule has 2 fully saturated rings. The highest BCUT2D eigenvalue weighted by Crippen LogP contribution is 2.39. The molecule has 0 unspecified atom stereocenters. The Bertz CT molecular complexity index is 2250. The molecule has 0 radical (unpaired) electrons. The van der Waals surface area contributed by atoms with Gasteiger partial charge in [-0.2, -0.15) is 0 Å². The number of ether oxygens (including phenoxy) is 13. The van der Waals surface area contributed by atoms with E-state index in [2.05, 4.69) is 0 Å². The SMILES string of the molecule is CC(=O)Oc1ccc(/C=C/C(=O)c2c(OC(C)=O)cc(O[C@@H]3O[C@H](CO[C@@H]4O[C@@H](C)[C@H](OC(C)=O)[C@@H](OC(C)=O)[C@H]4OC(C)=O)[C@@H](OC(C)=O)[C@H](OC(C)=O)[C@H]3OC(C)=O)cc2OC(C)=O)cc1. The maximum atomic E-state index is 13.8. The number of hydrogen-bond donors (Lipinski definition) is 0. The summed E-state index contributed by atoms with van der Waals surface area (Å²) in [6.07, 6.45) is -13.3. The second-order valence-electron chi connectivity index (χ2n) is 15.0. The lowest BCUT2D eigenvalue weighted by molar-refractivity contribution is -0.323. The standard InChI is InChI=1S/C45H50O23/c1-20-38(61-24(5)49)40(63-26(7)51)42(65-28(9)53)44(57-20)56-19-36-39(62-25(6)50)41(64-27(8)52)43(66-29(10)54)45(68-36)67-32-17-34(59-22(3)47)37(35(18-32)60-23(4)48)33(55)16-13-30-11-14-31(15-12-30)58-21(2)46/h11-18,20,36,38-45H,19H2,1-10H3/b16-13+/t20-,36+,38-,39+,40+,41-,42+,43+,44+,45+/m0/s1. The minimum atomic E-state index is -1.88. The van der Waals surface area contributed by atoms with E-state index in [1.807, 2.05) is 0 Å². The van der Waals surface area contributed by atoms with Gasteiger partial charge in [-0.1, -0.05) is 18.2 Å². The van der Waals surface area contributed by atoms with E-state index < -0.39 is 145 Å². The summed E-state index contributed by atoms with van der Waals surface area (Å²) in [6, 6.07) is 8.12. The van der Waals surface area contributed by atoms with Crippen LogP contribution in [0.25, 0.3) is 6.08 Å². The number of benzene rings is 2. The third kappa shape index (κ3) is 15.4. The molecule has 368 valence electrons. The number of hydrogen-bond acceptors (Lipinski definition) is 23. The molecule has 2 aromatic carbocycles. The minimum Gasteiger partial charge on any atom is -0.460 e. The molecule has 23 heteroatoms. The Labute approximate surface area is 388 Å². The van der Waals surface area contributed by atoms with Crippen LogP contribution in [-0.4, -0.2) is 128 Å². The van der Waals surface area contributed by atoms with Crippen LogP contribution in [0.1, 0.15) is 85.2 Å². The van der Waals surface area contributed by atoms with Gasteiger partial charge in [0.1, 0.15) is 34.7 Å². The van der Waals surface area contributed by atoms with Crippen molar-refractivity contribution in [3.05, 3.63) is 53.6 Å². The Hall–Kier alpha value is -7.24. The Morgan fingerprint density at radius 1 is 0.485 bits per heavy atom. The second-order valence-corrected chi connectivity index (χ2v) is 15.0. The van der Waals surface area contributed by atoms with Crippen LogP contribution in [-0.2, 0) is 85.8 Å². The fourth-order valence-corrected chi connectivity index (χ4v) is 6.93. The predicted molar refractivity (Wildman–Crippen MR) is 223 cm³/mol. The summed E-state index contributed by atoms with van der Waals surface area (Å²) in [5, 5.41) is 0. The monoisotopic (exact) mass is 958 g/mol. The van der Waals surface area contributed by atoms with Gasteiger partial charge in [-0.25, -0.2) is 0 Å². The topological polar surface area (TPSA) is 291 Å². The van der Waals surface area contributed by atoms with E-state index in [1.54, 1.807) is 0 Å². The van der Waals surface area contributed by atoms with Gasteiger partial charge in [-0.15, -0.1) is 0 Å². The van der Waals surface area contributed by atoms with Crippen LogP contribution in [0.2, 0.25) is 0 Å². The Balaban J connectivity index is 1.81. The van der Waals surface area contributed by atoms with Crippen molar-refractivity contribution in [1.82, 2.24) is 0 Å². The Kier molecular flexibility index (Phi) is 18.8. The van der Waals surface area contributed by atoms with Crippen molar-refractivity contribution in [3.63, 3.8) is 0 Å². The number of rotatable bonds is 17. The van der Waals surface area contributed by atoms with Crippen molar-refractivity contribution >= 4 is 65.6 Å². The van der Waals surface area contributed by atoms with Gasteiger partial charge >= 0.3 is 53.7 Å². The summed E-state index contributed by atoms with van der Waals surface area (Å²) in [5.74, 6) is -9.74. The number of carbonyl (C=O) groups excluding carboxylic acids is 10. The summed E-state index contributed by atoms with van der Waals surface area (Å²) < 4.78 is 73.1. The molecular formula is C45H50O23. The van der Waals surface area contributed by atoms with Crippen LogP contribution in [0.5, 0.6) is 23.0 Å². The van der Waals surface area contributed by atoms with E-state index in [1.165, 1.54) is 44.2 Å². The molecule has 0 amide bonds. The van der Waals surface area contributed by atoms with Crippen molar-refractivity contribution in [2.24, 2.45) is 0 Å². The van der Waals surface area contributed by atoms with E-state index in [-0.39, 0.29) is 11.5 Å². The average Bonchev–Trinajstić information content (AvgIpc) is 3.20. The van der Waals surface area contributed by atoms with Crippen LogP contribution in [0.15, 0.2) is 42.5 Å². The van der Waals surface area contributed by atoms with Crippen LogP contribution >= 0.6 is 0 Å². The molecule has 2 heterocycles. The fraction of sp³-hybridized carbons (Fsp3) is 0.467. The largest absolute Gasteiger partial charge is 0.460 e. The van der Waals surface area contributed by atoms with E-state index >= 15 is 0 Å². The Morgan fingerprint density at radius 2 is 0.912 bits per heavy atom. The summed E-state index contributed by atoms with van der Waals surface area (Å²) >= 11 is 0. The first kappa shape index (κ1) is 53.4. The smallest absolute Gasteiger partial charge is 0.308 e. The maximum Gasteiger partial charge on any atom is 0.308 e. The third-order valence-corrected chi connectivity index (χ3v) is 9.17. The van der Waals surface area contributed by atoms with Gasteiger partial charge in [0.25, 0.3) is 0 Å².